The summed E-state index contributed by atoms with van der Waals surface area (Å²) in [5.41, 5.74) is 5.46. The van der Waals surface area contributed by atoms with Gasteiger partial charge in [-0.05, 0) is 38.0 Å². The molecule has 0 spiro atoms. The number of benzene rings is 1. The monoisotopic (exact) mass is 254 g/mol. The smallest absolute Gasteiger partial charge is 0.253 e. The first-order valence-corrected chi connectivity index (χ1v) is 5.90. The van der Waals surface area contributed by atoms with Gasteiger partial charge < -0.3 is 16.2 Å². The maximum Gasteiger partial charge on any atom is 0.253 e. The SMILES string of the molecule is CCC(C)(CCO)NC(=O)c1ccc(F)cc1N. The second-order valence-corrected chi connectivity index (χ2v) is 4.57. The first kappa shape index (κ1) is 14.4. The van der Waals surface area contributed by atoms with Crippen molar-refractivity contribution in [1.29, 1.82) is 0 Å². The molecule has 1 unspecified atom stereocenters. The third-order valence-corrected chi connectivity index (χ3v) is 3.12. The van der Waals surface area contributed by atoms with Gasteiger partial charge in [-0.25, -0.2) is 4.39 Å². The summed E-state index contributed by atoms with van der Waals surface area (Å²) in [4.78, 5) is 12.0. The predicted octanol–water partition coefficient (Wildman–Crippen LogP) is 1.69. The number of halogens is 1. The first-order valence-electron chi connectivity index (χ1n) is 5.90. The number of hydrogen-bond donors (Lipinski definition) is 3. The number of nitrogens with one attached hydrogen (secondary N) is 1. The van der Waals surface area contributed by atoms with Gasteiger partial charge in [0.1, 0.15) is 5.82 Å². The van der Waals surface area contributed by atoms with Crippen LogP contribution >= 0.6 is 0 Å². The number of anilines is 1. The van der Waals surface area contributed by atoms with Gasteiger partial charge in [0.2, 0.25) is 0 Å². The molecule has 0 aliphatic carbocycles. The number of hydrogen-bond acceptors (Lipinski definition) is 3. The molecule has 0 bridgehead atoms. The van der Waals surface area contributed by atoms with E-state index in [1.165, 1.54) is 12.1 Å². The fourth-order valence-electron chi connectivity index (χ4n) is 1.66. The summed E-state index contributed by atoms with van der Waals surface area (Å²) >= 11 is 0. The largest absolute Gasteiger partial charge is 0.398 e. The maximum atomic E-state index is 12.9. The molecule has 0 fully saturated rings. The Balaban J connectivity index is 2.87. The van der Waals surface area contributed by atoms with Gasteiger partial charge in [-0.15, -0.1) is 0 Å². The van der Waals surface area contributed by atoms with Crippen LogP contribution < -0.4 is 11.1 Å². The molecule has 0 aliphatic heterocycles. The van der Waals surface area contributed by atoms with Gasteiger partial charge in [0.05, 0.1) is 5.56 Å². The molecular formula is C13H19FN2O2. The number of nitrogen functional groups attached to an aromatic ring is 1. The van der Waals surface area contributed by atoms with Gasteiger partial charge in [0.25, 0.3) is 5.91 Å². The number of aliphatic hydroxyl groups excluding tert-OH is 1. The molecule has 100 valence electrons. The zero-order valence-electron chi connectivity index (χ0n) is 10.7. The highest BCUT2D eigenvalue weighted by atomic mass is 19.1. The van der Waals surface area contributed by atoms with Crippen LogP contribution in [0.3, 0.4) is 0 Å². The van der Waals surface area contributed by atoms with Crippen LogP contribution in [0.25, 0.3) is 0 Å². The predicted molar refractivity (Wildman–Crippen MR) is 68.7 cm³/mol. The summed E-state index contributed by atoms with van der Waals surface area (Å²) in [5.74, 6) is -0.831. The van der Waals surface area contributed by atoms with E-state index in [1.807, 2.05) is 13.8 Å². The first-order chi connectivity index (χ1) is 8.41. The lowest BCUT2D eigenvalue weighted by atomic mass is 9.94. The van der Waals surface area contributed by atoms with Crippen LogP contribution in [0.4, 0.5) is 10.1 Å². The van der Waals surface area contributed by atoms with Gasteiger partial charge in [-0.1, -0.05) is 6.92 Å². The van der Waals surface area contributed by atoms with Crippen LogP contribution in [-0.4, -0.2) is 23.2 Å². The molecule has 4 N–H and O–H groups in total. The highest BCUT2D eigenvalue weighted by Gasteiger charge is 2.25. The van der Waals surface area contributed by atoms with Crippen molar-refractivity contribution in [2.45, 2.75) is 32.2 Å². The van der Waals surface area contributed by atoms with Crippen LogP contribution in [0.2, 0.25) is 0 Å². The van der Waals surface area contributed by atoms with Gasteiger partial charge in [0.15, 0.2) is 0 Å². The molecule has 18 heavy (non-hydrogen) atoms. The molecule has 1 aromatic carbocycles. The summed E-state index contributed by atoms with van der Waals surface area (Å²) in [6, 6.07) is 3.67. The normalized spacial score (nSPS) is 14.0. The average molecular weight is 254 g/mol. The molecule has 1 amide bonds. The van der Waals surface area contributed by atoms with Gasteiger partial charge in [0, 0.05) is 17.8 Å². The fourth-order valence-corrected chi connectivity index (χ4v) is 1.66. The summed E-state index contributed by atoms with van der Waals surface area (Å²) in [6.07, 6.45) is 1.14. The minimum Gasteiger partial charge on any atom is -0.398 e. The number of rotatable bonds is 5. The Labute approximate surface area is 106 Å². The summed E-state index contributed by atoms with van der Waals surface area (Å²) in [6.45, 7) is 3.76. The van der Waals surface area contributed by atoms with E-state index in [2.05, 4.69) is 5.32 Å². The molecule has 0 aromatic heterocycles. The van der Waals surface area contributed by atoms with Gasteiger partial charge in [-0.2, -0.15) is 0 Å². The van der Waals surface area contributed by atoms with Crippen molar-refractivity contribution in [3.63, 3.8) is 0 Å². The van der Waals surface area contributed by atoms with Crippen molar-refractivity contribution in [3.8, 4) is 0 Å². The molecular weight excluding hydrogens is 235 g/mol. The Hall–Kier alpha value is -1.62. The lowest BCUT2D eigenvalue weighted by Gasteiger charge is -2.29. The molecule has 4 nitrogen and oxygen atoms in total. The van der Waals surface area contributed by atoms with Crippen LogP contribution in [0.5, 0.6) is 0 Å². The molecule has 0 saturated carbocycles. The Morgan fingerprint density at radius 3 is 2.72 bits per heavy atom. The summed E-state index contributed by atoms with van der Waals surface area (Å²) < 4.78 is 12.9. The molecule has 1 aromatic rings. The Morgan fingerprint density at radius 2 is 2.22 bits per heavy atom. The number of amides is 1. The molecule has 0 saturated heterocycles. The maximum absolute atomic E-state index is 12.9. The zero-order valence-corrected chi connectivity index (χ0v) is 10.7. The number of nitrogens with two attached hydrogens (primary N) is 1. The van der Waals surface area contributed by atoms with E-state index < -0.39 is 11.4 Å². The molecule has 0 heterocycles. The topological polar surface area (TPSA) is 75.3 Å². The van der Waals surface area contributed by atoms with Crippen molar-refractivity contribution in [2.24, 2.45) is 0 Å². The minimum absolute atomic E-state index is 0.0104. The van der Waals surface area contributed by atoms with E-state index in [9.17, 15) is 9.18 Å². The summed E-state index contributed by atoms with van der Waals surface area (Å²) in [5, 5.41) is 11.8. The van der Waals surface area contributed by atoms with E-state index in [0.29, 0.717) is 12.8 Å². The van der Waals surface area contributed by atoms with E-state index in [1.54, 1.807) is 0 Å². The molecule has 0 radical (unpaired) electrons. The Bertz CT molecular complexity index is 437. The van der Waals surface area contributed by atoms with E-state index in [4.69, 9.17) is 10.8 Å². The second kappa shape index (κ2) is 5.82. The number of aliphatic hydroxyl groups is 1. The standard InChI is InChI=1S/C13H19FN2O2/c1-3-13(2,6-7-17)16-12(18)10-5-4-9(14)8-11(10)15/h4-5,8,17H,3,6-7,15H2,1-2H3,(H,16,18). The third-order valence-electron chi connectivity index (χ3n) is 3.12. The van der Waals surface area contributed by atoms with Gasteiger partial charge in [-0.3, -0.25) is 4.79 Å². The average Bonchev–Trinajstić information content (AvgIpc) is 2.28. The van der Waals surface area contributed by atoms with Crippen molar-refractivity contribution >= 4 is 11.6 Å². The molecule has 1 rings (SSSR count). The lowest BCUT2D eigenvalue weighted by molar-refractivity contribution is 0.0887. The molecule has 5 heteroatoms. The van der Waals surface area contributed by atoms with Crippen molar-refractivity contribution < 1.29 is 14.3 Å². The Morgan fingerprint density at radius 1 is 1.56 bits per heavy atom. The van der Waals surface area contributed by atoms with Gasteiger partial charge >= 0.3 is 0 Å². The zero-order chi connectivity index (χ0) is 13.8. The van der Waals surface area contributed by atoms with E-state index >= 15 is 0 Å². The van der Waals surface area contributed by atoms with Crippen molar-refractivity contribution in [2.75, 3.05) is 12.3 Å². The second-order valence-electron chi connectivity index (χ2n) is 4.57. The number of carbonyl (C=O) groups excluding carboxylic acids is 1. The lowest BCUT2D eigenvalue weighted by Crippen LogP contribution is -2.46. The highest BCUT2D eigenvalue weighted by molar-refractivity contribution is 5.99. The minimum atomic E-state index is -0.493. The van der Waals surface area contributed by atoms with Crippen LogP contribution in [0.15, 0.2) is 18.2 Å². The summed E-state index contributed by atoms with van der Waals surface area (Å²) in [7, 11) is 0. The van der Waals surface area contributed by atoms with Crippen molar-refractivity contribution in [1.82, 2.24) is 5.32 Å². The van der Waals surface area contributed by atoms with Crippen LogP contribution in [-0.2, 0) is 0 Å². The molecule has 0 aliphatic rings. The third kappa shape index (κ3) is 3.43. The fraction of sp³-hybridized carbons (Fsp3) is 0.462. The number of carbonyl (C=O) groups is 1. The van der Waals surface area contributed by atoms with Crippen LogP contribution in [0.1, 0.15) is 37.0 Å². The highest BCUT2D eigenvalue weighted by Crippen LogP contribution is 2.18. The van der Waals surface area contributed by atoms with E-state index in [-0.39, 0.29) is 23.8 Å². The van der Waals surface area contributed by atoms with Crippen LogP contribution in [0, 0.1) is 5.82 Å². The Kier molecular flexibility index (Phi) is 4.67. The molecule has 1 atom stereocenters. The van der Waals surface area contributed by atoms with Crippen molar-refractivity contribution in [3.05, 3.63) is 29.6 Å². The van der Waals surface area contributed by atoms with E-state index in [0.717, 1.165) is 6.07 Å². The quantitative estimate of drug-likeness (QED) is 0.700.